The molecule has 3 N–H and O–H groups in total. The molecule has 0 radical (unpaired) electrons. The molecule has 2 aromatic carbocycles. The van der Waals surface area contributed by atoms with Gasteiger partial charge in [-0.05, 0) is 80.8 Å². The predicted molar refractivity (Wildman–Crippen MR) is 131 cm³/mol. The Labute approximate surface area is 204 Å². The molecule has 2 aromatic rings. The van der Waals surface area contributed by atoms with Crippen LogP contribution in [0.4, 0.5) is 11.4 Å². The quantitative estimate of drug-likeness (QED) is 0.404. The van der Waals surface area contributed by atoms with Crippen LogP contribution in [0.25, 0.3) is 0 Å². The van der Waals surface area contributed by atoms with Crippen LogP contribution in [-0.2, 0) is 16.0 Å². The van der Waals surface area contributed by atoms with Crippen LogP contribution in [0.3, 0.4) is 0 Å². The Morgan fingerprint density at radius 1 is 1.06 bits per heavy atom. The maximum atomic E-state index is 12.7. The third kappa shape index (κ3) is 4.91. The number of carbonyl (C=O) groups is 3. The number of likely N-dealkylation sites (tertiary alicyclic amines) is 1. The van der Waals surface area contributed by atoms with Crippen molar-refractivity contribution in [1.29, 1.82) is 0 Å². The summed E-state index contributed by atoms with van der Waals surface area (Å²) in [5.74, 6) is 0.195. The molecule has 0 saturated carbocycles. The van der Waals surface area contributed by atoms with Crippen molar-refractivity contribution in [3.63, 3.8) is 0 Å². The van der Waals surface area contributed by atoms with E-state index >= 15 is 0 Å². The maximum absolute atomic E-state index is 12.7. The van der Waals surface area contributed by atoms with Crippen molar-refractivity contribution in [2.75, 3.05) is 24.1 Å². The van der Waals surface area contributed by atoms with E-state index in [2.05, 4.69) is 43.2 Å². The molecular weight excluding hydrogens is 538 g/mol. The third-order valence-corrected chi connectivity index (χ3v) is 7.79. The number of rotatable bonds is 5. The second-order valence-electron chi connectivity index (χ2n) is 8.45. The second kappa shape index (κ2) is 9.75. The van der Waals surface area contributed by atoms with Gasteiger partial charge in [-0.1, -0.05) is 18.2 Å². The zero-order valence-electron chi connectivity index (χ0n) is 17.6. The van der Waals surface area contributed by atoms with Gasteiger partial charge in [-0.2, -0.15) is 0 Å². The number of para-hydroxylation sites is 1. The lowest BCUT2D eigenvalue weighted by Crippen LogP contribution is -2.43. The van der Waals surface area contributed by atoms with Crippen molar-refractivity contribution < 1.29 is 14.4 Å². The predicted octanol–water partition coefficient (Wildman–Crippen LogP) is 4.81. The number of amides is 2. The molecule has 0 aromatic heterocycles. The Balaban J connectivity index is 1.28. The fraction of sp³-hybridized carbons (Fsp3) is 0.375. The van der Waals surface area contributed by atoms with Crippen molar-refractivity contribution in [1.82, 2.24) is 4.90 Å². The highest BCUT2D eigenvalue weighted by Crippen LogP contribution is 2.34. The molecule has 2 heterocycles. The van der Waals surface area contributed by atoms with Crippen molar-refractivity contribution in [2.24, 2.45) is 11.8 Å². The maximum Gasteiger partial charge on any atom is 0.228 e. The van der Waals surface area contributed by atoms with Crippen molar-refractivity contribution >= 4 is 60.8 Å². The highest BCUT2D eigenvalue weighted by molar-refractivity contribution is 9.11. The first-order valence-corrected chi connectivity index (χ1v) is 12.4. The number of nitrogens with zero attached hydrogens (tertiary/aromatic N) is 1. The minimum Gasteiger partial charge on any atom is -0.397 e. The number of fused-ring (bicyclic) bond motifs is 1. The summed E-state index contributed by atoms with van der Waals surface area (Å²) >= 11 is 6.70. The fourth-order valence-electron chi connectivity index (χ4n) is 4.58. The molecular formula is C24H25Br2N3O3. The van der Waals surface area contributed by atoms with E-state index in [1.807, 2.05) is 23.1 Å². The first-order valence-electron chi connectivity index (χ1n) is 10.8. The number of nitrogens with two attached hydrogens (primary N) is 1. The van der Waals surface area contributed by atoms with Gasteiger partial charge in [-0.3, -0.25) is 14.4 Å². The molecule has 1 fully saturated rings. The average Bonchev–Trinajstić information content (AvgIpc) is 2.80. The molecule has 4 rings (SSSR count). The second-order valence-corrected chi connectivity index (χ2v) is 10.2. The van der Waals surface area contributed by atoms with Crippen LogP contribution in [0.15, 0.2) is 45.3 Å². The molecule has 2 amide bonds. The summed E-state index contributed by atoms with van der Waals surface area (Å²) in [6, 6.07) is 11.3. The molecule has 0 aliphatic carbocycles. The number of anilines is 2. The van der Waals surface area contributed by atoms with Crippen molar-refractivity contribution in [2.45, 2.75) is 32.1 Å². The van der Waals surface area contributed by atoms with Crippen molar-refractivity contribution in [3.05, 3.63) is 56.5 Å². The van der Waals surface area contributed by atoms with E-state index in [1.54, 1.807) is 12.1 Å². The third-order valence-electron chi connectivity index (χ3n) is 6.48. The number of hydrogen-bond acceptors (Lipinski definition) is 4. The summed E-state index contributed by atoms with van der Waals surface area (Å²) in [5.41, 5.74) is 9.02. The number of carbonyl (C=O) groups excluding carboxylic acids is 3. The van der Waals surface area contributed by atoms with Crippen LogP contribution in [0.1, 0.15) is 41.6 Å². The van der Waals surface area contributed by atoms with E-state index in [0.29, 0.717) is 33.3 Å². The smallest absolute Gasteiger partial charge is 0.228 e. The van der Waals surface area contributed by atoms with Crippen LogP contribution in [-0.4, -0.2) is 35.6 Å². The molecule has 2 aliphatic heterocycles. The number of Topliss-reactive ketones (excluding diaryl/α,β-unsaturated/α-hetero) is 1. The minimum atomic E-state index is -0.0906. The lowest BCUT2D eigenvalue weighted by atomic mass is 9.78. The first kappa shape index (κ1) is 23.0. The summed E-state index contributed by atoms with van der Waals surface area (Å²) in [6.45, 7) is 1.25. The number of nitrogen functional groups attached to an aromatic ring is 1. The van der Waals surface area contributed by atoms with E-state index < -0.39 is 0 Å². The first-order chi connectivity index (χ1) is 15.3. The topological polar surface area (TPSA) is 92.5 Å². The van der Waals surface area contributed by atoms with Gasteiger partial charge in [-0.15, -0.1) is 0 Å². The molecule has 168 valence electrons. The molecule has 1 unspecified atom stereocenters. The van der Waals surface area contributed by atoms with Gasteiger partial charge >= 0.3 is 0 Å². The van der Waals surface area contributed by atoms with Gasteiger partial charge in [0.1, 0.15) is 0 Å². The Hall–Kier alpha value is -2.19. The highest BCUT2D eigenvalue weighted by atomic mass is 79.9. The zero-order valence-corrected chi connectivity index (χ0v) is 20.7. The van der Waals surface area contributed by atoms with Gasteiger partial charge in [0.15, 0.2) is 5.78 Å². The zero-order chi connectivity index (χ0) is 22.8. The monoisotopic (exact) mass is 561 g/mol. The number of ketones is 1. The Kier molecular flexibility index (Phi) is 7.00. The Morgan fingerprint density at radius 3 is 2.41 bits per heavy atom. The van der Waals surface area contributed by atoms with Crippen LogP contribution in [0.2, 0.25) is 0 Å². The van der Waals surface area contributed by atoms with Crippen LogP contribution in [0.5, 0.6) is 0 Å². The van der Waals surface area contributed by atoms with Crippen LogP contribution in [0, 0.1) is 11.8 Å². The normalized spacial score (nSPS) is 18.8. The molecule has 6 nitrogen and oxygen atoms in total. The van der Waals surface area contributed by atoms with E-state index in [-0.39, 0.29) is 42.3 Å². The fourth-order valence-corrected chi connectivity index (χ4v) is 5.76. The lowest BCUT2D eigenvalue weighted by molar-refractivity contribution is -0.133. The summed E-state index contributed by atoms with van der Waals surface area (Å²) in [6.07, 6.45) is 2.70. The number of nitrogens with one attached hydrogen (secondary N) is 1. The van der Waals surface area contributed by atoms with Gasteiger partial charge in [-0.25, -0.2) is 0 Å². The number of piperidine rings is 1. The van der Waals surface area contributed by atoms with E-state index in [4.69, 9.17) is 5.73 Å². The largest absolute Gasteiger partial charge is 0.397 e. The number of hydrogen-bond donors (Lipinski definition) is 2. The SMILES string of the molecule is Nc1c(Br)cc(C(=O)CCC(=O)N2CCC(C3Cc4ccccc4NC3=O)CC2)cc1Br. The van der Waals surface area contributed by atoms with E-state index in [9.17, 15) is 14.4 Å². The molecule has 1 atom stereocenters. The summed E-state index contributed by atoms with van der Waals surface area (Å²) < 4.78 is 1.30. The molecule has 32 heavy (non-hydrogen) atoms. The summed E-state index contributed by atoms with van der Waals surface area (Å²) in [4.78, 5) is 39.7. The highest BCUT2D eigenvalue weighted by Gasteiger charge is 2.35. The van der Waals surface area contributed by atoms with Crippen molar-refractivity contribution in [3.8, 4) is 0 Å². The Bertz CT molecular complexity index is 1040. The lowest BCUT2D eigenvalue weighted by Gasteiger charge is -2.37. The summed E-state index contributed by atoms with van der Waals surface area (Å²) in [5, 5.41) is 3.03. The van der Waals surface area contributed by atoms with Gasteiger partial charge in [0.05, 0.1) is 5.69 Å². The summed E-state index contributed by atoms with van der Waals surface area (Å²) in [7, 11) is 0. The molecule has 8 heteroatoms. The minimum absolute atomic E-state index is 0.0104. The molecule has 2 aliphatic rings. The molecule has 0 spiro atoms. The van der Waals surface area contributed by atoms with Gasteiger partial charge in [0.2, 0.25) is 11.8 Å². The van der Waals surface area contributed by atoms with E-state index in [0.717, 1.165) is 24.9 Å². The molecule has 0 bridgehead atoms. The Morgan fingerprint density at radius 2 is 1.72 bits per heavy atom. The average molecular weight is 563 g/mol. The van der Waals surface area contributed by atoms with Crippen LogP contribution >= 0.6 is 31.9 Å². The van der Waals surface area contributed by atoms with Gasteiger partial charge in [0.25, 0.3) is 0 Å². The standard InChI is InChI=1S/C24H25Br2N3O3/c25-18-12-16(13-19(26)23(18)27)21(30)5-6-22(31)29-9-7-14(8-10-29)17-11-15-3-1-2-4-20(15)28-24(17)32/h1-4,12-14,17H,5-11,27H2,(H,28,32). The van der Waals surface area contributed by atoms with Crippen LogP contribution < -0.4 is 11.1 Å². The number of halogens is 2. The van der Waals surface area contributed by atoms with Gasteiger partial charge in [0, 0.05) is 52.0 Å². The van der Waals surface area contributed by atoms with E-state index in [1.165, 1.54) is 5.56 Å². The van der Waals surface area contributed by atoms with Gasteiger partial charge < -0.3 is 16.0 Å². The number of benzene rings is 2. The molecule has 1 saturated heterocycles.